The number of hydrogen-bond acceptors (Lipinski definition) is 2. The highest BCUT2D eigenvalue weighted by Gasteiger charge is 2.19. The molecule has 0 amide bonds. The van der Waals surface area contributed by atoms with E-state index in [9.17, 15) is 0 Å². The van der Waals surface area contributed by atoms with Crippen LogP contribution in [-0.2, 0) is 0 Å². The highest BCUT2D eigenvalue weighted by Crippen LogP contribution is 2.08. The summed E-state index contributed by atoms with van der Waals surface area (Å²) in [6, 6.07) is 0. The van der Waals surface area contributed by atoms with Crippen molar-refractivity contribution in [2.24, 2.45) is 5.73 Å². The van der Waals surface area contributed by atoms with E-state index in [0.29, 0.717) is 5.71 Å². The van der Waals surface area contributed by atoms with Crippen LogP contribution in [0.25, 0.3) is 0 Å². The molecular formula is C7H10N2. The van der Waals surface area contributed by atoms with Crippen LogP contribution >= 0.6 is 0 Å². The Morgan fingerprint density at radius 1 is 1.56 bits per heavy atom. The van der Waals surface area contributed by atoms with Gasteiger partial charge in [-0.05, 0) is 13.0 Å². The minimum Gasteiger partial charge on any atom is -0.317 e. The van der Waals surface area contributed by atoms with Gasteiger partial charge in [-0.15, -0.1) is 0 Å². The molecule has 1 rings (SSSR count). The smallest absolute Gasteiger partial charge is 0.0736 e. The molecule has 0 aromatic carbocycles. The minimum absolute atomic E-state index is 0.463. The predicted octanol–water partition coefficient (Wildman–Crippen LogP) is 0.850. The first kappa shape index (κ1) is 6.23. The monoisotopic (exact) mass is 122 g/mol. The summed E-state index contributed by atoms with van der Waals surface area (Å²) in [5.74, 6) is 0. The van der Waals surface area contributed by atoms with Gasteiger partial charge in [-0.2, -0.15) is 0 Å². The predicted molar refractivity (Wildman–Crippen MR) is 38.6 cm³/mol. The van der Waals surface area contributed by atoms with Crippen LogP contribution in [0.5, 0.6) is 0 Å². The molecule has 1 unspecified atom stereocenters. The van der Waals surface area contributed by atoms with Crippen LogP contribution in [0.2, 0.25) is 0 Å². The zero-order valence-corrected chi connectivity index (χ0v) is 5.39. The average Bonchev–Trinajstić information content (AvgIpc) is 1.77. The van der Waals surface area contributed by atoms with E-state index in [2.05, 4.69) is 0 Å². The molecule has 1 aliphatic carbocycles. The Labute approximate surface area is 54.6 Å². The van der Waals surface area contributed by atoms with Crippen LogP contribution in [0.1, 0.15) is 6.92 Å². The maximum atomic E-state index is 7.33. The lowest BCUT2D eigenvalue weighted by Crippen LogP contribution is -2.42. The van der Waals surface area contributed by atoms with Crippen LogP contribution in [-0.4, -0.2) is 11.3 Å². The highest BCUT2D eigenvalue weighted by atomic mass is 14.7. The molecule has 0 fully saturated rings. The molecule has 0 radical (unpaired) electrons. The van der Waals surface area contributed by atoms with Gasteiger partial charge in [-0.3, -0.25) is 0 Å². The molecule has 2 heteroatoms. The number of nitrogens with one attached hydrogen (secondary N) is 1. The SMILES string of the molecule is CC1(N)C=CC=CC1=N. The first-order valence-corrected chi connectivity index (χ1v) is 2.87. The molecule has 48 valence electrons. The number of allylic oxidation sites excluding steroid dienone is 2. The fourth-order valence-electron chi connectivity index (χ4n) is 0.677. The van der Waals surface area contributed by atoms with Crippen LogP contribution in [0.3, 0.4) is 0 Å². The Kier molecular flexibility index (Phi) is 1.25. The molecule has 2 nitrogen and oxygen atoms in total. The number of rotatable bonds is 0. The molecule has 0 heterocycles. The lowest BCUT2D eigenvalue weighted by molar-refractivity contribution is 0.777. The van der Waals surface area contributed by atoms with Crippen LogP contribution < -0.4 is 5.73 Å². The van der Waals surface area contributed by atoms with Crippen LogP contribution in [0.15, 0.2) is 24.3 Å². The summed E-state index contributed by atoms with van der Waals surface area (Å²) in [6.45, 7) is 1.81. The molecule has 0 bridgehead atoms. The van der Waals surface area contributed by atoms with Crippen molar-refractivity contribution in [3.63, 3.8) is 0 Å². The average molecular weight is 122 g/mol. The number of nitrogens with two attached hydrogens (primary N) is 1. The van der Waals surface area contributed by atoms with Crippen molar-refractivity contribution >= 4 is 5.71 Å². The Morgan fingerprint density at radius 3 is 2.56 bits per heavy atom. The zero-order chi connectivity index (χ0) is 6.91. The highest BCUT2D eigenvalue weighted by molar-refractivity contribution is 6.02. The van der Waals surface area contributed by atoms with E-state index >= 15 is 0 Å². The van der Waals surface area contributed by atoms with E-state index in [1.54, 1.807) is 6.08 Å². The van der Waals surface area contributed by atoms with Gasteiger partial charge in [0.15, 0.2) is 0 Å². The Balaban J connectivity index is 2.91. The van der Waals surface area contributed by atoms with Gasteiger partial charge in [0.25, 0.3) is 0 Å². The quantitative estimate of drug-likeness (QED) is 0.491. The second-order valence-electron chi connectivity index (χ2n) is 2.41. The normalized spacial score (nSPS) is 33.3. The topological polar surface area (TPSA) is 49.9 Å². The molecule has 0 spiro atoms. The summed E-state index contributed by atoms with van der Waals surface area (Å²) in [4.78, 5) is 0. The van der Waals surface area contributed by atoms with Gasteiger partial charge in [-0.25, -0.2) is 0 Å². The second kappa shape index (κ2) is 1.81. The molecule has 9 heavy (non-hydrogen) atoms. The minimum atomic E-state index is -0.547. The standard InChI is InChI=1S/C7H10N2/c1-7(9)5-3-2-4-6(7)8/h2-5,8H,9H2,1H3. The largest absolute Gasteiger partial charge is 0.317 e. The van der Waals surface area contributed by atoms with E-state index in [4.69, 9.17) is 11.1 Å². The van der Waals surface area contributed by atoms with Crippen molar-refractivity contribution < 1.29 is 0 Å². The zero-order valence-electron chi connectivity index (χ0n) is 5.39. The van der Waals surface area contributed by atoms with Gasteiger partial charge >= 0.3 is 0 Å². The van der Waals surface area contributed by atoms with Gasteiger partial charge in [0, 0.05) is 0 Å². The van der Waals surface area contributed by atoms with E-state index in [0.717, 1.165) is 0 Å². The molecule has 1 aliphatic rings. The molecule has 0 aromatic rings. The second-order valence-corrected chi connectivity index (χ2v) is 2.41. The lowest BCUT2D eigenvalue weighted by atomic mass is 9.93. The van der Waals surface area contributed by atoms with Crippen LogP contribution in [0.4, 0.5) is 0 Å². The molecular weight excluding hydrogens is 112 g/mol. The molecule has 1 atom stereocenters. The van der Waals surface area contributed by atoms with Crippen molar-refractivity contribution in [1.29, 1.82) is 5.41 Å². The molecule has 3 N–H and O–H groups in total. The summed E-state index contributed by atoms with van der Waals surface area (Å²) in [7, 11) is 0. The Morgan fingerprint density at radius 2 is 2.22 bits per heavy atom. The summed E-state index contributed by atoms with van der Waals surface area (Å²) in [5.41, 5.74) is 5.57. The summed E-state index contributed by atoms with van der Waals surface area (Å²) < 4.78 is 0. The summed E-state index contributed by atoms with van der Waals surface area (Å²) >= 11 is 0. The van der Waals surface area contributed by atoms with Crippen molar-refractivity contribution in [3.8, 4) is 0 Å². The van der Waals surface area contributed by atoms with Gasteiger partial charge < -0.3 is 11.1 Å². The van der Waals surface area contributed by atoms with Crippen molar-refractivity contribution in [1.82, 2.24) is 0 Å². The van der Waals surface area contributed by atoms with Crippen molar-refractivity contribution in [2.75, 3.05) is 0 Å². The third-order valence-corrected chi connectivity index (χ3v) is 1.40. The lowest BCUT2D eigenvalue weighted by Gasteiger charge is -2.20. The first-order valence-electron chi connectivity index (χ1n) is 2.87. The Hall–Kier alpha value is -0.890. The number of hydrogen-bond donors (Lipinski definition) is 2. The van der Waals surface area contributed by atoms with E-state index in [1.807, 2.05) is 25.2 Å². The van der Waals surface area contributed by atoms with Crippen LogP contribution in [0, 0.1) is 5.41 Å². The summed E-state index contributed by atoms with van der Waals surface area (Å²) in [5, 5.41) is 7.33. The van der Waals surface area contributed by atoms with Gasteiger partial charge in [0.2, 0.25) is 0 Å². The van der Waals surface area contributed by atoms with Gasteiger partial charge in [0.05, 0.1) is 11.3 Å². The maximum absolute atomic E-state index is 7.33. The van der Waals surface area contributed by atoms with Crippen molar-refractivity contribution in [3.05, 3.63) is 24.3 Å². The summed E-state index contributed by atoms with van der Waals surface area (Å²) in [6.07, 6.45) is 7.20. The van der Waals surface area contributed by atoms with E-state index < -0.39 is 5.54 Å². The fourth-order valence-corrected chi connectivity index (χ4v) is 0.677. The molecule has 0 aliphatic heterocycles. The Bertz CT molecular complexity index is 187. The van der Waals surface area contributed by atoms with E-state index in [-0.39, 0.29) is 0 Å². The van der Waals surface area contributed by atoms with E-state index in [1.165, 1.54) is 0 Å². The fraction of sp³-hybridized carbons (Fsp3) is 0.286. The third-order valence-electron chi connectivity index (χ3n) is 1.40. The molecule has 0 saturated carbocycles. The molecule has 0 aromatic heterocycles. The maximum Gasteiger partial charge on any atom is 0.0736 e. The first-order chi connectivity index (χ1) is 4.13. The van der Waals surface area contributed by atoms with Gasteiger partial charge in [-0.1, -0.05) is 18.2 Å². The third kappa shape index (κ3) is 1.08. The van der Waals surface area contributed by atoms with Crippen molar-refractivity contribution in [2.45, 2.75) is 12.5 Å². The van der Waals surface area contributed by atoms with Gasteiger partial charge in [0.1, 0.15) is 0 Å². The molecule has 0 saturated heterocycles.